The molecule has 0 amide bonds. The fourth-order valence-corrected chi connectivity index (χ4v) is 5.95. The molecular formula is C29H44ClN3O2S2. The summed E-state index contributed by atoms with van der Waals surface area (Å²) in [6, 6.07) is 16.4. The van der Waals surface area contributed by atoms with Gasteiger partial charge in [-0.15, -0.1) is 0 Å². The summed E-state index contributed by atoms with van der Waals surface area (Å²) < 4.78 is 13.5. The summed E-state index contributed by atoms with van der Waals surface area (Å²) in [5.74, 6) is 2.64. The number of nitrogens with one attached hydrogen (secondary N) is 1. The molecule has 37 heavy (non-hydrogen) atoms. The monoisotopic (exact) mass is 565 g/mol. The summed E-state index contributed by atoms with van der Waals surface area (Å²) in [5.41, 5.74) is 5.59. The van der Waals surface area contributed by atoms with E-state index in [-0.39, 0.29) is 0 Å². The highest BCUT2D eigenvalue weighted by atomic mass is 35.5. The molecule has 0 unspecified atom stereocenters. The number of benzene rings is 2. The molecule has 5 rings (SSSR count). The van der Waals surface area contributed by atoms with Gasteiger partial charge in [0, 0.05) is 35.3 Å². The van der Waals surface area contributed by atoms with E-state index in [0.717, 1.165) is 55.0 Å². The number of ether oxygens (including phenoxy) is 1. The number of nitrogens with zero attached hydrogens (tertiary/aromatic N) is 1. The first-order valence-corrected chi connectivity index (χ1v) is 16.0. The molecule has 0 spiro atoms. The Morgan fingerprint density at radius 1 is 0.865 bits per heavy atom. The van der Waals surface area contributed by atoms with E-state index in [4.69, 9.17) is 26.3 Å². The third kappa shape index (κ3) is 13.0. The molecule has 2 aromatic carbocycles. The van der Waals surface area contributed by atoms with Crippen LogP contribution in [0.1, 0.15) is 57.8 Å². The molecule has 3 fully saturated rings. The van der Waals surface area contributed by atoms with Crippen molar-refractivity contribution < 1.29 is 8.92 Å². The van der Waals surface area contributed by atoms with Gasteiger partial charge in [0.25, 0.3) is 0 Å². The van der Waals surface area contributed by atoms with Crippen molar-refractivity contribution in [2.24, 2.45) is 11.7 Å². The van der Waals surface area contributed by atoms with Crippen LogP contribution in [-0.4, -0.2) is 49.4 Å². The van der Waals surface area contributed by atoms with Gasteiger partial charge >= 0.3 is 0 Å². The Labute approximate surface area is 237 Å². The molecule has 0 aromatic heterocycles. The van der Waals surface area contributed by atoms with E-state index in [9.17, 15) is 0 Å². The summed E-state index contributed by atoms with van der Waals surface area (Å²) in [4.78, 5) is 1.33. The zero-order chi connectivity index (χ0) is 26.1. The van der Waals surface area contributed by atoms with Crippen LogP contribution in [0.25, 0.3) is 0 Å². The molecule has 2 heterocycles. The van der Waals surface area contributed by atoms with Gasteiger partial charge in [-0.1, -0.05) is 30.9 Å². The van der Waals surface area contributed by atoms with Crippen LogP contribution in [0.2, 0.25) is 5.02 Å². The van der Waals surface area contributed by atoms with Crippen molar-refractivity contribution in [3.63, 3.8) is 0 Å². The number of halogens is 1. The van der Waals surface area contributed by atoms with Crippen molar-refractivity contribution in [1.82, 2.24) is 9.62 Å². The van der Waals surface area contributed by atoms with Crippen molar-refractivity contribution in [1.29, 1.82) is 0 Å². The topological polar surface area (TPSA) is 59.8 Å². The van der Waals surface area contributed by atoms with E-state index in [0.29, 0.717) is 6.04 Å². The van der Waals surface area contributed by atoms with Crippen molar-refractivity contribution in [3.05, 3.63) is 53.6 Å². The second-order valence-corrected chi connectivity index (χ2v) is 11.9. The Morgan fingerprint density at radius 3 is 2.05 bits per heavy atom. The van der Waals surface area contributed by atoms with Crippen LogP contribution < -0.4 is 20.0 Å². The molecular weight excluding hydrogens is 522 g/mol. The minimum absolute atomic E-state index is 0.473. The number of hydrogen-bond donors (Lipinski definition) is 2. The van der Waals surface area contributed by atoms with Gasteiger partial charge in [0.05, 0.1) is 18.6 Å². The Bertz CT molecular complexity index is 839. The SMILES string of the molecule is CSOc1ccc(Cl)cc1.NC1CCNCC1.c1cc(SN2CCCC2)ccc1OCC1CCCCC1. The molecule has 1 aliphatic carbocycles. The molecule has 0 radical (unpaired) electrons. The van der Waals surface area contributed by atoms with Gasteiger partial charge in [-0.05, 0) is 118 Å². The van der Waals surface area contributed by atoms with E-state index in [1.807, 2.05) is 30.3 Å². The lowest BCUT2D eigenvalue weighted by Crippen LogP contribution is -2.35. The highest BCUT2D eigenvalue weighted by Gasteiger charge is 2.15. The minimum atomic E-state index is 0.473. The van der Waals surface area contributed by atoms with Gasteiger partial charge < -0.3 is 20.0 Å². The van der Waals surface area contributed by atoms with Crippen molar-refractivity contribution in [2.45, 2.75) is 68.7 Å². The fraction of sp³-hybridized carbons (Fsp3) is 0.586. The normalized spacial score (nSPS) is 18.8. The lowest BCUT2D eigenvalue weighted by atomic mass is 9.90. The molecule has 8 heteroatoms. The summed E-state index contributed by atoms with van der Waals surface area (Å²) in [5, 5.41) is 3.97. The quantitative estimate of drug-likeness (QED) is 0.267. The van der Waals surface area contributed by atoms with Gasteiger partial charge in [0.2, 0.25) is 0 Å². The average Bonchev–Trinajstić information content (AvgIpc) is 3.45. The van der Waals surface area contributed by atoms with Gasteiger partial charge in [-0.25, -0.2) is 4.31 Å². The Kier molecular flexibility index (Phi) is 15.0. The van der Waals surface area contributed by atoms with Gasteiger partial charge in [0.1, 0.15) is 11.5 Å². The first-order chi connectivity index (χ1) is 18.1. The summed E-state index contributed by atoms with van der Waals surface area (Å²) in [6.07, 6.45) is 13.8. The third-order valence-electron chi connectivity index (χ3n) is 6.71. The van der Waals surface area contributed by atoms with Crippen LogP contribution in [0, 0.1) is 5.92 Å². The largest absolute Gasteiger partial charge is 0.493 e. The van der Waals surface area contributed by atoms with Gasteiger partial charge in [-0.2, -0.15) is 0 Å². The van der Waals surface area contributed by atoms with Crippen LogP contribution >= 0.6 is 35.6 Å². The molecule has 2 aromatic rings. The maximum absolute atomic E-state index is 5.95. The zero-order valence-corrected chi connectivity index (χ0v) is 24.6. The molecule has 5 nitrogen and oxygen atoms in total. The molecule has 0 atom stereocenters. The van der Waals surface area contributed by atoms with Crippen molar-refractivity contribution >= 4 is 35.6 Å². The lowest BCUT2D eigenvalue weighted by molar-refractivity contribution is 0.209. The Morgan fingerprint density at radius 2 is 1.49 bits per heavy atom. The number of nitrogens with two attached hydrogens (primary N) is 1. The van der Waals surface area contributed by atoms with Crippen LogP contribution in [-0.2, 0) is 0 Å². The lowest BCUT2D eigenvalue weighted by Gasteiger charge is -2.21. The summed E-state index contributed by atoms with van der Waals surface area (Å²) >= 11 is 8.85. The third-order valence-corrected chi connectivity index (χ3v) is 8.43. The van der Waals surface area contributed by atoms with Crippen molar-refractivity contribution in [3.8, 4) is 11.5 Å². The molecule has 2 aliphatic heterocycles. The summed E-state index contributed by atoms with van der Waals surface area (Å²) in [6.45, 7) is 5.58. The number of rotatable bonds is 7. The zero-order valence-electron chi connectivity index (χ0n) is 22.2. The van der Waals surface area contributed by atoms with Crippen molar-refractivity contribution in [2.75, 3.05) is 39.0 Å². The van der Waals surface area contributed by atoms with E-state index in [1.165, 1.54) is 75.0 Å². The van der Waals surface area contributed by atoms with Gasteiger partial charge in [-0.3, -0.25) is 0 Å². The van der Waals surface area contributed by atoms with Gasteiger partial charge in [0.15, 0.2) is 0 Å². The predicted octanol–water partition coefficient (Wildman–Crippen LogP) is 7.44. The van der Waals surface area contributed by atoms with E-state index < -0.39 is 0 Å². The van der Waals surface area contributed by atoms with Crippen LogP contribution in [0.4, 0.5) is 0 Å². The van der Waals surface area contributed by atoms with E-state index >= 15 is 0 Å². The highest BCUT2D eigenvalue weighted by Crippen LogP contribution is 2.29. The Balaban J connectivity index is 0.000000185. The number of piperidine rings is 1. The molecule has 0 bridgehead atoms. The molecule has 1 saturated carbocycles. The Hall–Kier alpha value is -1.09. The maximum atomic E-state index is 5.95. The minimum Gasteiger partial charge on any atom is -0.493 e. The average molecular weight is 566 g/mol. The smallest absolute Gasteiger partial charge is 0.137 e. The molecule has 2 saturated heterocycles. The first-order valence-electron chi connectivity index (χ1n) is 13.7. The van der Waals surface area contributed by atoms with E-state index in [2.05, 4.69) is 33.9 Å². The second kappa shape index (κ2) is 18.2. The van der Waals surface area contributed by atoms with E-state index in [1.54, 1.807) is 12.1 Å². The first kappa shape index (κ1) is 30.5. The second-order valence-electron chi connectivity index (χ2n) is 9.81. The number of hydrogen-bond acceptors (Lipinski definition) is 7. The molecule has 206 valence electrons. The van der Waals surface area contributed by atoms with Crippen LogP contribution in [0.5, 0.6) is 11.5 Å². The van der Waals surface area contributed by atoms with Crippen LogP contribution in [0.15, 0.2) is 53.4 Å². The highest BCUT2D eigenvalue weighted by molar-refractivity contribution is 7.97. The molecule has 3 N–H and O–H groups in total. The fourth-order valence-electron chi connectivity index (χ4n) is 4.52. The predicted molar refractivity (Wildman–Crippen MR) is 161 cm³/mol. The maximum Gasteiger partial charge on any atom is 0.137 e. The summed E-state index contributed by atoms with van der Waals surface area (Å²) in [7, 11) is 0. The standard InChI is InChI=1S/C17H25NOS.C7H7ClOS.C5H12N2/c1-2-6-15(7-3-1)14-19-16-8-10-17(11-9-16)20-18-12-4-5-13-18;1-10-9-7-4-2-6(8)3-5-7;6-5-1-3-7-4-2-5/h8-11,15H,1-7,12-14H2;2-5H,1H3;5,7H,1-4,6H2. The molecule has 3 aliphatic rings. The van der Waals surface area contributed by atoms with Crippen LogP contribution in [0.3, 0.4) is 0 Å².